The van der Waals surface area contributed by atoms with Crippen LogP contribution in [0.25, 0.3) is 0 Å². The molecule has 2 unspecified atom stereocenters. The minimum atomic E-state index is -1.25. The van der Waals surface area contributed by atoms with Crippen molar-refractivity contribution < 1.29 is 23.9 Å². The van der Waals surface area contributed by atoms with Crippen molar-refractivity contribution in [2.45, 2.75) is 53.4 Å². The molecule has 1 saturated heterocycles. The molecule has 122 valence electrons. The van der Waals surface area contributed by atoms with Gasteiger partial charge in [0, 0.05) is 0 Å². The number of ether oxygens (including phenoxy) is 2. The molecule has 0 saturated carbocycles. The molecule has 2 atom stereocenters. The maximum atomic E-state index is 12.0. The monoisotopic (exact) mass is 309 g/mol. The minimum Gasteiger partial charge on any atom is -0.468 e. The van der Waals surface area contributed by atoms with E-state index in [1.54, 1.807) is 13.8 Å². The summed E-state index contributed by atoms with van der Waals surface area (Å²) in [5, 5.41) is 9.46. The van der Waals surface area contributed by atoms with Gasteiger partial charge in [-0.05, 0) is 31.6 Å². The van der Waals surface area contributed by atoms with Gasteiger partial charge in [0.25, 0.3) is 0 Å². The highest BCUT2D eigenvalue weighted by molar-refractivity contribution is 5.97. The van der Waals surface area contributed by atoms with Crippen LogP contribution in [-0.4, -0.2) is 25.0 Å². The molecule has 1 aliphatic heterocycles. The van der Waals surface area contributed by atoms with Gasteiger partial charge in [0.1, 0.15) is 0 Å². The van der Waals surface area contributed by atoms with Crippen LogP contribution >= 0.6 is 0 Å². The van der Waals surface area contributed by atoms with Gasteiger partial charge in [0.15, 0.2) is 5.41 Å². The molecule has 0 amide bonds. The Morgan fingerprint density at radius 2 is 2.05 bits per heavy atom. The molecular formula is C16H23NO5. The van der Waals surface area contributed by atoms with Gasteiger partial charge in [-0.25, -0.2) is 0 Å². The van der Waals surface area contributed by atoms with Gasteiger partial charge in [-0.2, -0.15) is 5.26 Å². The second-order valence-corrected chi connectivity index (χ2v) is 7.06. The summed E-state index contributed by atoms with van der Waals surface area (Å²) in [6, 6.07) is 2.07. The molecule has 0 N–H and O–H groups in total. The third-order valence-corrected chi connectivity index (χ3v) is 4.28. The van der Waals surface area contributed by atoms with Crippen molar-refractivity contribution in [1.29, 1.82) is 5.26 Å². The first-order valence-electron chi connectivity index (χ1n) is 7.29. The molecule has 6 nitrogen and oxygen atoms in total. The average Bonchev–Trinajstić information content (AvgIpc) is 2.67. The van der Waals surface area contributed by atoms with Crippen molar-refractivity contribution in [3.8, 4) is 6.07 Å². The van der Waals surface area contributed by atoms with E-state index in [9.17, 15) is 19.6 Å². The number of cyclic esters (lactones) is 2. The maximum Gasteiger partial charge on any atom is 0.326 e. The van der Waals surface area contributed by atoms with E-state index in [4.69, 9.17) is 4.74 Å². The maximum absolute atomic E-state index is 12.0. The van der Waals surface area contributed by atoms with E-state index in [1.807, 2.05) is 13.8 Å². The van der Waals surface area contributed by atoms with Gasteiger partial charge in [-0.1, -0.05) is 20.8 Å². The lowest BCUT2D eigenvalue weighted by molar-refractivity contribution is -0.155. The Kier molecular flexibility index (Phi) is 5.01. The van der Waals surface area contributed by atoms with Crippen molar-refractivity contribution >= 4 is 17.9 Å². The highest BCUT2D eigenvalue weighted by Gasteiger charge is 2.51. The van der Waals surface area contributed by atoms with Gasteiger partial charge in [0.05, 0.1) is 25.0 Å². The molecule has 0 aromatic heterocycles. The molecule has 0 aromatic rings. The van der Waals surface area contributed by atoms with E-state index in [2.05, 4.69) is 10.8 Å². The Morgan fingerprint density at radius 1 is 1.45 bits per heavy atom. The minimum absolute atomic E-state index is 0.0270. The Bertz CT molecular complexity index is 533. The van der Waals surface area contributed by atoms with Crippen LogP contribution in [0.4, 0.5) is 0 Å². The summed E-state index contributed by atoms with van der Waals surface area (Å²) in [7, 11) is 1.26. The molecule has 1 fully saturated rings. The van der Waals surface area contributed by atoms with E-state index in [-0.39, 0.29) is 12.8 Å². The van der Waals surface area contributed by atoms with Crippen LogP contribution < -0.4 is 0 Å². The summed E-state index contributed by atoms with van der Waals surface area (Å²) in [4.78, 5) is 35.2. The van der Waals surface area contributed by atoms with Gasteiger partial charge < -0.3 is 9.47 Å². The first-order valence-corrected chi connectivity index (χ1v) is 7.29. The summed E-state index contributed by atoms with van der Waals surface area (Å²) in [6.45, 7) is 7.18. The zero-order chi connectivity index (χ0) is 17.2. The molecule has 0 bridgehead atoms. The lowest BCUT2D eigenvalue weighted by Gasteiger charge is -2.36. The van der Waals surface area contributed by atoms with Crippen LogP contribution in [0.3, 0.4) is 0 Å². The average molecular weight is 309 g/mol. The van der Waals surface area contributed by atoms with Crippen LogP contribution in [0.5, 0.6) is 0 Å². The molecule has 0 aromatic carbocycles. The number of carbonyl (C=O) groups is 3. The fraction of sp³-hybridized carbons (Fsp3) is 0.750. The first-order chi connectivity index (χ1) is 10.0. The van der Waals surface area contributed by atoms with Crippen molar-refractivity contribution in [2.24, 2.45) is 16.2 Å². The number of esters is 3. The summed E-state index contributed by atoms with van der Waals surface area (Å²) < 4.78 is 9.41. The van der Waals surface area contributed by atoms with Crippen LogP contribution in [0, 0.1) is 27.6 Å². The molecule has 0 aliphatic carbocycles. The topological polar surface area (TPSA) is 93.5 Å². The number of methoxy groups -OCH3 is 1. The van der Waals surface area contributed by atoms with Gasteiger partial charge in [-0.3, -0.25) is 14.4 Å². The quantitative estimate of drug-likeness (QED) is 0.552. The van der Waals surface area contributed by atoms with Gasteiger partial charge in [-0.15, -0.1) is 0 Å². The summed E-state index contributed by atoms with van der Waals surface area (Å²) >= 11 is 0. The lowest BCUT2D eigenvalue weighted by atomic mass is 9.65. The van der Waals surface area contributed by atoms with Crippen LogP contribution in [0.1, 0.15) is 53.4 Å². The number of hydrogen-bond acceptors (Lipinski definition) is 6. The first kappa shape index (κ1) is 18.1. The molecule has 6 heteroatoms. The van der Waals surface area contributed by atoms with Crippen LogP contribution in [-0.2, 0) is 23.9 Å². The predicted octanol–water partition coefficient (Wildman–Crippen LogP) is 2.37. The van der Waals surface area contributed by atoms with E-state index in [0.29, 0.717) is 12.8 Å². The fourth-order valence-corrected chi connectivity index (χ4v) is 3.42. The predicted molar refractivity (Wildman–Crippen MR) is 77.2 cm³/mol. The largest absolute Gasteiger partial charge is 0.468 e. The van der Waals surface area contributed by atoms with Gasteiger partial charge in [0.2, 0.25) is 0 Å². The Balaban J connectivity index is 2.99. The Hall–Kier alpha value is -1.90. The van der Waals surface area contributed by atoms with E-state index in [0.717, 1.165) is 0 Å². The SMILES string of the molecule is CCC(C#N)(CC(C)(C)CC1(C)CC(=O)OC1=O)C(=O)OC. The number of rotatable bonds is 6. The Labute approximate surface area is 130 Å². The van der Waals surface area contributed by atoms with Crippen molar-refractivity contribution in [3.63, 3.8) is 0 Å². The number of hydrogen-bond donors (Lipinski definition) is 0. The van der Waals surface area contributed by atoms with Crippen molar-refractivity contribution in [2.75, 3.05) is 7.11 Å². The summed E-state index contributed by atoms with van der Waals surface area (Å²) in [6.07, 6.45) is 0.945. The highest BCUT2D eigenvalue weighted by Crippen LogP contribution is 2.47. The van der Waals surface area contributed by atoms with E-state index >= 15 is 0 Å². The highest BCUT2D eigenvalue weighted by atomic mass is 16.6. The molecule has 22 heavy (non-hydrogen) atoms. The molecule has 1 heterocycles. The molecule has 0 spiro atoms. The molecule has 1 aliphatic rings. The van der Waals surface area contributed by atoms with Crippen LogP contribution in [0.15, 0.2) is 0 Å². The normalized spacial score (nSPS) is 24.4. The smallest absolute Gasteiger partial charge is 0.326 e. The lowest BCUT2D eigenvalue weighted by Crippen LogP contribution is -2.38. The van der Waals surface area contributed by atoms with Crippen molar-refractivity contribution in [3.05, 3.63) is 0 Å². The fourth-order valence-electron chi connectivity index (χ4n) is 3.42. The Morgan fingerprint density at radius 3 is 2.41 bits per heavy atom. The molecule has 1 rings (SSSR count). The van der Waals surface area contributed by atoms with Crippen LogP contribution in [0.2, 0.25) is 0 Å². The number of carbonyl (C=O) groups excluding carboxylic acids is 3. The van der Waals surface area contributed by atoms with Gasteiger partial charge >= 0.3 is 17.9 Å². The zero-order valence-electron chi connectivity index (χ0n) is 13.8. The van der Waals surface area contributed by atoms with E-state index < -0.39 is 34.2 Å². The summed E-state index contributed by atoms with van der Waals surface area (Å²) in [5.74, 6) is -1.64. The summed E-state index contributed by atoms with van der Waals surface area (Å²) in [5.41, 5.74) is -2.68. The van der Waals surface area contributed by atoms with Crippen molar-refractivity contribution in [1.82, 2.24) is 0 Å². The number of nitriles is 1. The standard InChI is InChI=1S/C16H23NO5/c1-6-16(10-17,13(20)21-5)9-14(2,3)8-15(4)7-11(18)22-12(15)19/h6-9H2,1-5H3. The second-order valence-electron chi connectivity index (χ2n) is 7.06. The third kappa shape index (κ3) is 3.46. The van der Waals surface area contributed by atoms with E-state index in [1.165, 1.54) is 7.11 Å². The molecule has 0 radical (unpaired) electrons. The number of nitrogens with zero attached hydrogens (tertiary/aromatic N) is 1. The third-order valence-electron chi connectivity index (χ3n) is 4.28. The molecular weight excluding hydrogens is 286 g/mol. The second kappa shape index (κ2) is 6.07. The zero-order valence-corrected chi connectivity index (χ0v) is 13.8.